The minimum Gasteiger partial charge on any atom is -0.498 e. The fourth-order valence-corrected chi connectivity index (χ4v) is 9.13. The van der Waals surface area contributed by atoms with Gasteiger partial charge in [-0.15, -0.1) is 0 Å². The molecule has 6 aliphatic rings. The van der Waals surface area contributed by atoms with E-state index in [1.807, 2.05) is 0 Å². The van der Waals surface area contributed by atoms with Crippen LogP contribution in [0.2, 0.25) is 0 Å². The van der Waals surface area contributed by atoms with Crippen LogP contribution >= 0.6 is 0 Å². The molecule has 4 fully saturated rings. The fourth-order valence-electron chi connectivity index (χ4n) is 9.13. The number of rotatable bonds is 5. The molecule has 3 nitrogen and oxygen atoms in total. The normalized spacial score (nSPS) is 45.5. The SMILES string of the molecule is C[C@]12CC[C@@H]3[C@@H](CCC4CC(OC5=CCCC5)CC[C@@]43COC3=CCCC3)[C@@H]1CCC2=O. The highest BCUT2D eigenvalue weighted by atomic mass is 16.5. The molecule has 7 atom stereocenters. The van der Waals surface area contributed by atoms with Crippen molar-refractivity contribution in [2.24, 2.45) is 34.5 Å². The number of ketones is 1. The summed E-state index contributed by atoms with van der Waals surface area (Å²) in [5.74, 6) is 5.88. The highest BCUT2D eigenvalue weighted by Crippen LogP contribution is 2.66. The molecule has 4 saturated carbocycles. The molecular weight excluding hydrogens is 396 g/mol. The summed E-state index contributed by atoms with van der Waals surface area (Å²) >= 11 is 0. The Balaban J connectivity index is 1.25. The van der Waals surface area contributed by atoms with Gasteiger partial charge in [0, 0.05) is 30.1 Å². The molecule has 2 unspecified atom stereocenters. The summed E-state index contributed by atoms with van der Waals surface area (Å²) in [6.07, 6.45) is 22.8. The number of carbonyl (C=O) groups is 1. The molecule has 0 amide bonds. The minimum atomic E-state index is -0.0285. The molecule has 0 spiro atoms. The zero-order valence-corrected chi connectivity index (χ0v) is 20.1. The van der Waals surface area contributed by atoms with Crippen LogP contribution in [-0.2, 0) is 14.3 Å². The lowest BCUT2D eigenvalue weighted by molar-refractivity contribution is -0.160. The van der Waals surface area contributed by atoms with Crippen molar-refractivity contribution in [2.45, 2.75) is 109 Å². The van der Waals surface area contributed by atoms with Crippen molar-refractivity contribution < 1.29 is 14.3 Å². The quantitative estimate of drug-likeness (QED) is 0.458. The van der Waals surface area contributed by atoms with Crippen LogP contribution in [0.5, 0.6) is 0 Å². The third-order valence-electron chi connectivity index (χ3n) is 10.9. The second-order valence-corrected chi connectivity index (χ2v) is 12.2. The molecular formula is C29H42O3. The molecule has 0 aromatic rings. The third kappa shape index (κ3) is 3.40. The van der Waals surface area contributed by atoms with Gasteiger partial charge in [-0.25, -0.2) is 0 Å². The summed E-state index contributed by atoms with van der Waals surface area (Å²) in [6, 6.07) is 0. The van der Waals surface area contributed by atoms with E-state index in [1.54, 1.807) is 0 Å². The number of Topliss-reactive ketones (excluding diaryl/α,β-unsaturated/α-hetero) is 1. The summed E-state index contributed by atoms with van der Waals surface area (Å²) in [5, 5.41) is 0. The van der Waals surface area contributed by atoms with Crippen LogP contribution < -0.4 is 0 Å². The molecule has 6 aliphatic carbocycles. The van der Waals surface area contributed by atoms with Crippen LogP contribution in [0.25, 0.3) is 0 Å². The van der Waals surface area contributed by atoms with E-state index in [2.05, 4.69) is 19.1 Å². The highest BCUT2D eigenvalue weighted by molar-refractivity contribution is 5.87. The first-order valence-electron chi connectivity index (χ1n) is 13.8. The van der Waals surface area contributed by atoms with Gasteiger partial charge in [0.25, 0.3) is 0 Å². The van der Waals surface area contributed by atoms with E-state index in [0.717, 1.165) is 50.5 Å². The maximum Gasteiger partial charge on any atom is 0.139 e. The van der Waals surface area contributed by atoms with E-state index in [9.17, 15) is 4.79 Å². The fraction of sp³-hybridized carbons (Fsp3) is 0.828. The van der Waals surface area contributed by atoms with Crippen molar-refractivity contribution in [3.63, 3.8) is 0 Å². The number of hydrogen-bond acceptors (Lipinski definition) is 3. The number of fused-ring (bicyclic) bond motifs is 5. The standard InChI is InChI=1S/C29H42O3/c1-28-16-15-26-24(25(28)12-13-27(28)30)11-10-20-18-23(32-22-8-4-5-9-22)14-17-29(20,26)19-31-21-6-2-3-7-21/h6,8,20,23-26H,2-5,7,9-19H2,1H3/t20?,23?,24-,25-,26+,28-,29+/m0/s1. The molecule has 0 aromatic carbocycles. The van der Waals surface area contributed by atoms with Crippen molar-refractivity contribution in [1.29, 1.82) is 0 Å². The van der Waals surface area contributed by atoms with Crippen LogP contribution in [0.3, 0.4) is 0 Å². The van der Waals surface area contributed by atoms with Gasteiger partial charge in [0.2, 0.25) is 0 Å². The molecule has 0 aliphatic heterocycles. The van der Waals surface area contributed by atoms with Crippen molar-refractivity contribution >= 4 is 5.78 Å². The molecule has 3 heteroatoms. The Morgan fingerprint density at radius 2 is 1.72 bits per heavy atom. The van der Waals surface area contributed by atoms with Crippen molar-refractivity contribution in [2.75, 3.05) is 6.61 Å². The Kier molecular flexibility index (Phi) is 5.46. The van der Waals surface area contributed by atoms with Crippen molar-refractivity contribution in [3.8, 4) is 0 Å². The number of hydrogen-bond donors (Lipinski definition) is 0. The maximum absolute atomic E-state index is 12.8. The third-order valence-corrected chi connectivity index (χ3v) is 10.9. The maximum atomic E-state index is 12.8. The van der Waals surface area contributed by atoms with E-state index >= 15 is 0 Å². The van der Waals surface area contributed by atoms with Crippen molar-refractivity contribution in [1.82, 2.24) is 0 Å². The Bertz CT molecular complexity index is 811. The van der Waals surface area contributed by atoms with Crippen LogP contribution in [0.4, 0.5) is 0 Å². The highest BCUT2D eigenvalue weighted by Gasteiger charge is 2.62. The smallest absolute Gasteiger partial charge is 0.139 e. The van der Waals surface area contributed by atoms with E-state index in [0.29, 0.717) is 29.1 Å². The predicted octanol–water partition coefficient (Wildman–Crippen LogP) is 7.12. The Morgan fingerprint density at radius 3 is 2.50 bits per heavy atom. The summed E-state index contributed by atoms with van der Waals surface area (Å²) in [4.78, 5) is 12.8. The van der Waals surface area contributed by atoms with E-state index in [1.165, 1.54) is 75.7 Å². The molecule has 0 bridgehead atoms. The zero-order valence-electron chi connectivity index (χ0n) is 20.1. The topological polar surface area (TPSA) is 35.5 Å². The number of ether oxygens (including phenoxy) is 2. The van der Waals surface area contributed by atoms with E-state index in [4.69, 9.17) is 9.47 Å². The number of carbonyl (C=O) groups excluding carboxylic acids is 1. The van der Waals surface area contributed by atoms with Gasteiger partial charge in [0.15, 0.2) is 0 Å². The van der Waals surface area contributed by atoms with Crippen LogP contribution in [0.1, 0.15) is 103 Å². The Hall–Kier alpha value is -1.25. The minimum absolute atomic E-state index is 0.0285. The zero-order chi connectivity index (χ0) is 21.8. The Labute approximate surface area is 194 Å². The molecule has 0 heterocycles. The first kappa shape index (κ1) is 21.3. The molecule has 0 saturated heterocycles. The van der Waals surface area contributed by atoms with Crippen molar-refractivity contribution in [3.05, 3.63) is 23.7 Å². The molecule has 0 N–H and O–H groups in total. The summed E-state index contributed by atoms with van der Waals surface area (Å²) in [6.45, 7) is 3.22. The lowest BCUT2D eigenvalue weighted by Crippen LogP contribution is -2.57. The lowest BCUT2D eigenvalue weighted by Gasteiger charge is -2.61. The Morgan fingerprint density at radius 1 is 0.906 bits per heavy atom. The number of allylic oxidation sites excluding steroid dienone is 4. The summed E-state index contributed by atoms with van der Waals surface area (Å²) in [5.41, 5.74) is 0.266. The monoisotopic (exact) mass is 438 g/mol. The van der Waals surface area contributed by atoms with Gasteiger partial charge in [-0.2, -0.15) is 0 Å². The second kappa shape index (κ2) is 8.20. The van der Waals surface area contributed by atoms with Gasteiger partial charge < -0.3 is 9.47 Å². The van der Waals surface area contributed by atoms with Gasteiger partial charge in [-0.05, 0) is 113 Å². The first-order valence-corrected chi connectivity index (χ1v) is 13.8. The van der Waals surface area contributed by atoms with Crippen LogP contribution in [-0.4, -0.2) is 18.5 Å². The molecule has 0 aromatic heterocycles. The lowest BCUT2D eigenvalue weighted by atomic mass is 9.44. The summed E-state index contributed by atoms with van der Waals surface area (Å²) in [7, 11) is 0. The second-order valence-electron chi connectivity index (χ2n) is 12.2. The van der Waals surface area contributed by atoms with E-state index in [-0.39, 0.29) is 5.41 Å². The molecule has 0 radical (unpaired) electrons. The average molecular weight is 439 g/mol. The van der Waals surface area contributed by atoms with E-state index < -0.39 is 0 Å². The molecule has 6 rings (SSSR count). The van der Waals surface area contributed by atoms with Gasteiger partial charge in [0.1, 0.15) is 5.78 Å². The van der Waals surface area contributed by atoms with Gasteiger partial charge in [-0.3, -0.25) is 4.79 Å². The first-order chi connectivity index (χ1) is 15.6. The molecule has 176 valence electrons. The van der Waals surface area contributed by atoms with Crippen LogP contribution in [0, 0.1) is 34.5 Å². The molecule has 32 heavy (non-hydrogen) atoms. The van der Waals surface area contributed by atoms with Gasteiger partial charge in [0.05, 0.1) is 24.2 Å². The van der Waals surface area contributed by atoms with Gasteiger partial charge >= 0.3 is 0 Å². The summed E-state index contributed by atoms with van der Waals surface area (Å²) < 4.78 is 13.1. The van der Waals surface area contributed by atoms with Gasteiger partial charge in [-0.1, -0.05) is 6.92 Å². The average Bonchev–Trinajstić information content (AvgIpc) is 3.55. The predicted molar refractivity (Wildman–Crippen MR) is 126 cm³/mol. The van der Waals surface area contributed by atoms with Crippen LogP contribution in [0.15, 0.2) is 23.7 Å². The largest absolute Gasteiger partial charge is 0.498 e.